The van der Waals surface area contributed by atoms with E-state index < -0.39 is 11.3 Å². The fraction of sp³-hybridized carbons (Fsp3) is 0.250. The first-order valence-corrected chi connectivity index (χ1v) is 10.5. The zero-order valence-corrected chi connectivity index (χ0v) is 17.8. The molecule has 0 unspecified atom stereocenters. The number of aryl methyl sites for hydroxylation is 1. The van der Waals surface area contributed by atoms with Crippen LogP contribution >= 0.6 is 0 Å². The van der Waals surface area contributed by atoms with E-state index in [2.05, 4.69) is 15.3 Å². The van der Waals surface area contributed by atoms with E-state index in [9.17, 15) is 14.4 Å². The van der Waals surface area contributed by atoms with E-state index >= 15 is 0 Å². The van der Waals surface area contributed by atoms with Gasteiger partial charge >= 0.3 is 0 Å². The van der Waals surface area contributed by atoms with Gasteiger partial charge < -0.3 is 16.0 Å². The highest BCUT2D eigenvalue weighted by Crippen LogP contribution is 2.24. The van der Waals surface area contributed by atoms with Crippen molar-refractivity contribution in [1.82, 2.24) is 9.78 Å². The summed E-state index contributed by atoms with van der Waals surface area (Å²) in [5.41, 5.74) is 7.78. The molecule has 0 aliphatic carbocycles. The molecule has 0 spiro atoms. The van der Waals surface area contributed by atoms with E-state index in [4.69, 9.17) is 5.73 Å². The Kier molecular flexibility index (Phi) is 6.02. The van der Waals surface area contributed by atoms with Gasteiger partial charge in [-0.15, -0.1) is 0 Å². The quantitative estimate of drug-likeness (QED) is 0.645. The molecule has 1 fully saturated rings. The number of aromatic nitrogens is 2. The van der Waals surface area contributed by atoms with Crippen LogP contribution in [-0.4, -0.2) is 34.7 Å². The molecule has 0 bridgehead atoms. The zero-order valence-electron chi connectivity index (χ0n) is 17.8. The number of rotatable bonds is 5. The Bertz CT molecular complexity index is 1180. The number of primary amides is 1. The topological polar surface area (TPSA) is 110 Å². The highest BCUT2D eigenvalue weighted by Gasteiger charge is 2.23. The second-order valence-electron chi connectivity index (χ2n) is 7.91. The molecule has 8 nitrogen and oxygen atoms in total. The smallest absolute Gasteiger partial charge is 0.280 e. The maximum Gasteiger partial charge on any atom is 0.280 e. The number of nitrogens with two attached hydrogens (primary N) is 1. The summed E-state index contributed by atoms with van der Waals surface area (Å²) < 4.78 is 1.58. The molecule has 2 amide bonds. The van der Waals surface area contributed by atoms with Crippen LogP contribution < -0.4 is 21.4 Å². The third-order valence-electron chi connectivity index (χ3n) is 5.71. The van der Waals surface area contributed by atoms with Crippen molar-refractivity contribution in [3.8, 4) is 5.69 Å². The lowest BCUT2D eigenvalue weighted by molar-refractivity contribution is -0.122. The van der Waals surface area contributed by atoms with Crippen LogP contribution in [0.3, 0.4) is 0 Å². The molecule has 2 heterocycles. The summed E-state index contributed by atoms with van der Waals surface area (Å²) in [5, 5.41) is 7.05. The first-order chi connectivity index (χ1) is 15.4. The van der Waals surface area contributed by atoms with Gasteiger partial charge in [-0.05, 0) is 56.2 Å². The van der Waals surface area contributed by atoms with Crippen molar-refractivity contribution < 1.29 is 9.59 Å². The zero-order chi connectivity index (χ0) is 22.7. The van der Waals surface area contributed by atoms with E-state index in [1.165, 1.54) is 6.07 Å². The second-order valence-corrected chi connectivity index (χ2v) is 7.91. The van der Waals surface area contributed by atoms with Crippen LogP contribution in [0.5, 0.6) is 0 Å². The highest BCUT2D eigenvalue weighted by atomic mass is 16.2. The van der Waals surface area contributed by atoms with Gasteiger partial charge in [-0.3, -0.25) is 14.4 Å². The molecular formula is C24H25N5O3. The molecule has 1 saturated heterocycles. The SMILES string of the molecule is Cc1cc(=O)c(C(=O)Nc2ccc(N3CCC(C(N)=O)CC3)cc2)nn1-c1ccccc1. The van der Waals surface area contributed by atoms with Crippen molar-refractivity contribution in [3.05, 3.63) is 82.3 Å². The Balaban J connectivity index is 1.48. The maximum atomic E-state index is 12.8. The average molecular weight is 431 g/mol. The number of amides is 2. The van der Waals surface area contributed by atoms with Crippen molar-refractivity contribution in [2.24, 2.45) is 11.7 Å². The fourth-order valence-corrected chi connectivity index (χ4v) is 3.90. The maximum absolute atomic E-state index is 12.8. The van der Waals surface area contributed by atoms with Crippen molar-refractivity contribution in [2.45, 2.75) is 19.8 Å². The van der Waals surface area contributed by atoms with Gasteiger partial charge in [0.2, 0.25) is 11.3 Å². The Morgan fingerprint density at radius 1 is 1.00 bits per heavy atom. The Labute approximate surface area is 185 Å². The molecule has 3 aromatic rings. The molecule has 1 aliphatic heterocycles. The summed E-state index contributed by atoms with van der Waals surface area (Å²) in [7, 11) is 0. The van der Waals surface area contributed by atoms with Gasteiger partial charge in [-0.2, -0.15) is 5.10 Å². The summed E-state index contributed by atoms with van der Waals surface area (Å²) in [6.45, 7) is 3.28. The van der Waals surface area contributed by atoms with Crippen LogP contribution in [0.25, 0.3) is 5.69 Å². The monoisotopic (exact) mass is 431 g/mol. The number of nitrogens with one attached hydrogen (secondary N) is 1. The standard InChI is InChI=1S/C24H25N5O3/c1-16-15-21(30)22(27-29(16)20-5-3-2-4-6-20)24(32)26-18-7-9-19(10-8-18)28-13-11-17(12-14-28)23(25)31/h2-10,15,17H,11-14H2,1H3,(H2,25,31)(H,26,32). The fourth-order valence-electron chi connectivity index (χ4n) is 3.90. The van der Waals surface area contributed by atoms with Crippen LogP contribution in [0.2, 0.25) is 0 Å². The van der Waals surface area contributed by atoms with Crippen molar-refractivity contribution >= 4 is 23.2 Å². The van der Waals surface area contributed by atoms with Crippen molar-refractivity contribution in [2.75, 3.05) is 23.3 Å². The molecule has 0 saturated carbocycles. The summed E-state index contributed by atoms with van der Waals surface area (Å²) in [4.78, 5) is 38.7. The van der Waals surface area contributed by atoms with Crippen LogP contribution in [-0.2, 0) is 4.79 Å². The Morgan fingerprint density at radius 3 is 2.28 bits per heavy atom. The normalized spacial score (nSPS) is 14.2. The minimum atomic E-state index is -0.560. The van der Waals surface area contributed by atoms with Gasteiger partial charge in [-0.1, -0.05) is 18.2 Å². The molecule has 3 N–H and O–H groups in total. The largest absolute Gasteiger partial charge is 0.371 e. The minimum Gasteiger partial charge on any atom is -0.371 e. The van der Waals surface area contributed by atoms with Gasteiger partial charge in [0, 0.05) is 42.1 Å². The number of hydrogen-bond acceptors (Lipinski definition) is 5. The molecule has 32 heavy (non-hydrogen) atoms. The van der Waals surface area contributed by atoms with Gasteiger partial charge in [0.1, 0.15) is 0 Å². The molecule has 0 atom stereocenters. The van der Waals surface area contributed by atoms with Crippen molar-refractivity contribution in [1.29, 1.82) is 0 Å². The predicted molar refractivity (Wildman–Crippen MR) is 123 cm³/mol. The summed E-state index contributed by atoms with van der Waals surface area (Å²) in [5.74, 6) is -0.861. The molecule has 1 aromatic heterocycles. The minimum absolute atomic E-state index is 0.0632. The molecule has 2 aromatic carbocycles. The van der Waals surface area contributed by atoms with E-state index in [0.29, 0.717) is 11.4 Å². The van der Waals surface area contributed by atoms with E-state index in [-0.39, 0.29) is 17.5 Å². The van der Waals surface area contributed by atoms with Gasteiger partial charge in [0.25, 0.3) is 5.91 Å². The predicted octanol–water partition coefficient (Wildman–Crippen LogP) is 2.49. The number of piperidine rings is 1. The third kappa shape index (κ3) is 4.54. The van der Waals surface area contributed by atoms with Gasteiger partial charge in [0.15, 0.2) is 5.69 Å². The summed E-state index contributed by atoms with van der Waals surface area (Å²) in [6.07, 6.45) is 1.47. The van der Waals surface area contributed by atoms with Gasteiger partial charge in [-0.25, -0.2) is 4.68 Å². The molecule has 164 valence electrons. The van der Waals surface area contributed by atoms with Gasteiger partial charge in [0.05, 0.1) is 5.69 Å². The van der Waals surface area contributed by atoms with E-state index in [1.54, 1.807) is 23.7 Å². The summed E-state index contributed by atoms with van der Waals surface area (Å²) in [6, 6.07) is 18.1. The first kappa shape index (κ1) is 21.3. The number of anilines is 2. The summed E-state index contributed by atoms with van der Waals surface area (Å²) >= 11 is 0. The van der Waals surface area contributed by atoms with Crippen LogP contribution in [0.1, 0.15) is 29.0 Å². The molecule has 1 aliphatic rings. The number of benzene rings is 2. The number of carbonyl (C=O) groups is 2. The Morgan fingerprint density at radius 2 is 1.66 bits per heavy atom. The number of nitrogens with zero attached hydrogens (tertiary/aromatic N) is 3. The first-order valence-electron chi connectivity index (χ1n) is 10.5. The number of hydrogen-bond donors (Lipinski definition) is 2. The number of carbonyl (C=O) groups excluding carboxylic acids is 2. The van der Waals surface area contributed by atoms with Crippen molar-refractivity contribution in [3.63, 3.8) is 0 Å². The van der Waals surface area contributed by atoms with E-state index in [1.807, 2.05) is 42.5 Å². The van der Waals surface area contributed by atoms with Crippen LogP contribution in [0, 0.1) is 12.8 Å². The molecule has 0 radical (unpaired) electrons. The average Bonchev–Trinajstić information content (AvgIpc) is 2.80. The van der Waals surface area contributed by atoms with Crippen LogP contribution in [0.15, 0.2) is 65.5 Å². The number of para-hydroxylation sites is 1. The van der Waals surface area contributed by atoms with Crippen LogP contribution in [0.4, 0.5) is 11.4 Å². The lowest BCUT2D eigenvalue weighted by atomic mass is 9.96. The molecule has 4 rings (SSSR count). The third-order valence-corrected chi connectivity index (χ3v) is 5.71. The lowest BCUT2D eigenvalue weighted by Crippen LogP contribution is -2.38. The van der Waals surface area contributed by atoms with E-state index in [0.717, 1.165) is 37.3 Å². The Hall–Kier alpha value is -3.94. The highest BCUT2D eigenvalue weighted by molar-refractivity contribution is 6.02. The second kappa shape index (κ2) is 9.05. The lowest BCUT2D eigenvalue weighted by Gasteiger charge is -2.32. The molecule has 8 heteroatoms. The molecular weight excluding hydrogens is 406 g/mol.